The third kappa shape index (κ3) is 3.36. The van der Waals surface area contributed by atoms with Crippen LogP contribution in [-0.2, 0) is 16.1 Å². The van der Waals surface area contributed by atoms with Gasteiger partial charge >= 0.3 is 0 Å². The van der Waals surface area contributed by atoms with E-state index in [4.69, 9.17) is 9.47 Å². The van der Waals surface area contributed by atoms with Gasteiger partial charge in [0.05, 0.1) is 13.2 Å². The summed E-state index contributed by atoms with van der Waals surface area (Å²) in [6.45, 7) is 3.59. The molecule has 0 spiro atoms. The number of methoxy groups -OCH3 is 1. The molecule has 1 N–H and O–H groups in total. The van der Waals surface area contributed by atoms with Gasteiger partial charge in [0.25, 0.3) is 0 Å². The molecule has 3 rings (SSSR count). The van der Waals surface area contributed by atoms with Gasteiger partial charge in [-0.2, -0.15) is 0 Å². The fraction of sp³-hybridized carbons (Fsp3) is 0.562. The van der Waals surface area contributed by atoms with Crippen LogP contribution in [0.2, 0.25) is 0 Å². The van der Waals surface area contributed by atoms with Crippen molar-refractivity contribution in [1.29, 1.82) is 0 Å². The number of hydrogen-bond acceptors (Lipinski definition) is 4. The molecule has 2 unspecified atom stereocenters. The van der Waals surface area contributed by atoms with Gasteiger partial charge in [-0.25, -0.2) is 0 Å². The van der Waals surface area contributed by atoms with Crippen LogP contribution in [0.1, 0.15) is 12.0 Å². The maximum Gasteiger partial charge on any atom is 0.248 e. The lowest BCUT2D eigenvalue weighted by atomic mass is 9.99. The molecule has 2 fully saturated rings. The van der Waals surface area contributed by atoms with Crippen molar-refractivity contribution in [2.24, 2.45) is 5.92 Å². The number of ether oxygens (including phenoxy) is 2. The number of carbonyl (C=O) groups excluding carboxylic acids is 1. The number of hydrogen-bond donors (Lipinski definition) is 1. The monoisotopic (exact) mass is 290 g/mol. The first-order valence-corrected chi connectivity index (χ1v) is 7.49. The van der Waals surface area contributed by atoms with E-state index < -0.39 is 0 Å². The maximum atomic E-state index is 12.0. The van der Waals surface area contributed by atoms with Gasteiger partial charge in [-0.3, -0.25) is 4.79 Å². The average molecular weight is 290 g/mol. The van der Waals surface area contributed by atoms with Gasteiger partial charge in [0.2, 0.25) is 5.91 Å². The van der Waals surface area contributed by atoms with Crippen molar-refractivity contribution >= 4 is 5.91 Å². The lowest BCUT2D eigenvalue weighted by Gasteiger charge is -2.35. The van der Waals surface area contributed by atoms with E-state index in [0.29, 0.717) is 19.0 Å². The van der Waals surface area contributed by atoms with E-state index in [1.54, 1.807) is 7.11 Å². The molecule has 1 amide bonds. The molecule has 0 bridgehead atoms. The number of carbonyl (C=O) groups is 1. The van der Waals surface area contributed by atoms with E-state index in [-0.39, 0.29) is 18.6 Å². The second kappa shape index (κ2) is 6.45. The molecule has 114 valence electrons. The van der Waals surface area contributed by atoms with Crippen molar-refractivity contribution < 1.29 is 14.3 Å². The third-order valence-corrected chi connectivity index (χ3v) is 4.33. The summed E-state index contributed by atoms with van der Waals surface area (Å²) in [7, 11) is 1.65. The van der Waals surface area contributed by atoms with Crippen molar-refractivity contribution in [3.8, 4) is 5.75 Å². The Morgan fingerprint density at radius 2 is 2.19 bits per heavy atom. The topological polar surface area (TPSA) is 50.8 Å². The fourth-order valence-corrected chi connectivity index (χ4v) is 3.02. The predicted molar refractivity (Wildman–Crippen MR) is 79.1 cm³/mol. The van der Waals surface area contributed by atoms with Crippen LogP contribution in [0.4, 0.5) is 0 Å². The Bertz CT molecular complexity index is 483. The molecule has 2 aliphatic heterocycles. The molecule has 0 aromatic heterocycles. The molecule has 2 saturated heterocycles. The van der Waals surface area contributed by atoms with Crippen molar-refractivity contribution in [1.82, 2.24) is 10.2 Å². The lowest BCUT2D eigenvalue weighted by Crippen LogP contribution is -2.49. The van der Waals surface area contributed by atoms with Crippen LogP contribution in [0.15, 0.2) is 24.3 Å². The Balaban J connectivity index is 1.63. The molecule has 2 aliphatic rings. The van der Waals surface area contributed by atoms with Gasteiger partial charge in [0.15, 0.2) is 0 Å². The highest BCUT2D eigenvalue weighted by Crippen LogP contribution is 2.22. The molecule has 0 aliphatic carbocycles. The van der Waals surface area contributed by atoms with Gasteiger partial charge in [-0.05, 0) is 30.7 Å². The molecule has 1 aromatic rings. The third-order valence-electron chi connectivity index (χ3n) is 4.33. The molecule has 0 saturated carbocycles. The van der Waals surface area contributed by atoms with Crippen LogP contribution in [0.3, 0.4) is 0 Å². The summed E-state index contributed by atoms with van der Waals surface area (Å²) >= 11 is 0. The Morgan fingerprint density at radius 3 is 2.86 bits per heavy atom. The number of nitrogens with one attached hydrogen (secondary N) is 1. The Hall–Kier alpha value is -1.59. The van der Waals surface area contributed by atoms with Gasteiger partial charge in [-0.15, -0.1) is 0 Å². The average Bonchev–Trinajstić information content (AvgIpc) is 3.04. The number of amides is 1. The molecular formula is C16H22N2O3. The van der Waals surface area contributed by atoms with Crippen LogP contribution in [-0.4, -0.2) is 50.3 Å². The highest BCUT2D eigenvalue weighted by Gasteiger charge is 2.33. The summed E-state index contributed by atoms with van der Waals surface area (Å²) in [4.78, 5) is 14.0. The van der Waals surface area contributed by atoms with Crippen LogP contribution in [0, 0.1) is 5.92 Å². The summed E-state index contributed by atoms with van der Waals surface area (Å²) < 4.78 is 10.9. The summed E-state index contributed by atoms with van der Waals surface area (Å²) in [6.07, 6.45) is 1.30. The van der Waals surface area contributed by atoms with E-state index in [9.17, 15) is 4.79 Å². The van der Waals surface area contributed by atoms with E-state index in [1.807, 2.05) is 29.2 Å². The number of benzene rings is 1. The minimum Gasteiger partial charge on any atom is -0.497 e. The highest BCUT2D eigenvalue weighted by atomic mass is 16.5. The summed E-state index contributed by atoms with van der Waals surface area (Å²) in [5, 5.41) is 3.36. The quantitative estimate of drug-likeness (QED) is 0.900. The van der Waals surface area contributed by atoms with E-state index >= 15 is 0 Å². The zero-order chi connectivity index (χ0) is 14.7. The van der Waals surface area contributed by atoms with E-state index in [2.05, 4.69) is 5.32 Å². The van der Waals surface area contributed by atoms with Crippen LogP contribution in [0.25, 0.3) is 0 Å². The molecule has 1 aromatic carbocycles. The first-order chi connectivity index (χ1) is 10.3. The molecule has 21 heavy (non-hydrogen) atoms. The molecule has 2 atom stereocenters. The molecule has 0 radical (unpaired) electrons. The standard InChI is InChI=1S/C16H22N2O3/c1-20-14-4-2-12(3-5-14)9-18-10-15(21-11-16(18)19)13-6-7-17-8-13/h2-5,13,15,17H,6-11H2,1H3. The summed E-state index contributed by atoms with van der Waals surface area (Å²) in [5.41, 5.74) is 1.12. The molecule has 5 heteroatoms. The fourth-order valence-electron chi connectivity index (χ4n) is 3.02. The number of morpholine rings is 1. The van der Waals surface area contributed by atoms with Crippen LogP contribution >= 0.6 is 0 Å². The molecule has 5 nitrogen and oxygen atoms in total. The number of rotatable bonds is 4. The molecule has 2 heterocycles. The van der Waals surface area contributed by atoms with Crippen LogP contribution < -0.4 is 10.1 Å². The Morgan fingerprint density at radius 1 is 1.38 bits per heavy atom. The first kappa shape index (κ1) is 14.4. The van der Waals surface area contributed by atoms with Gasteiger partial charge in [0.1, 0.15) is 12.4 Å². The second-order valence-corrected chi connectivity index (χ2v) is 5.72. The first-order valence-electron chi connectivity index (χ1n) is 7.49. The minimum atomic E-state index is 0.0769. The van der Waals surface area contributed by atoms with Gasteiger partial charge < -0.3 is 19.7 Å². The summed E-state index contributed by atoms with van der Waals surface area (Å²) in [5.74, 6) is 1.44. The second-order valence-electron chi connectivity index (χ2n) is 5.72. The smallest absolute Gasteiger partial charge is 0.248 e. The van der Waals surface area contributed by atoms with Gasteiger partial charge in [-0.1, -0.05) is 12.1 Å². The van der Waals surface area contributed by atoms with E-state index in [0.717, 1.165) is 30.8 Å². The van der Waals surface area contributed by atoms with Crippen molar-refractivity contribution in [3.05, 3.63) is 29.8 Å². The predicted octanol–water partition coefficient (Wildman–Crippen LogP) is 1.03. The zero-order valence-electron chi connectivity index (χ0n) is 12.4. The van der Waals surface area contributed by atoms with Gasteiger partial charge in [0, 0.05) is 25.6 Å². The van der Waals surface area contributed by atoms with Crippen molar-refractivity contribution in [2.75, 3.05) is 33.4 Å². The lowest BCUT2D eigenvalue weighted by molar-refractivity contribution is -0.152. The Labute approximate surface area is 125 Å². The largest absolute Gasteiger partial charge is 0.497 e. The van der Waals surface area contributed by atoms with Crippen LogP contribution in [0.5, 0.6) is 5.75 Å². The highest BCUT2D eigenvalue weighted by molar-refractivity contribution is 5.78. The number of nitrogens with zero attached hydrogens (tertiary/aromatic N) is 1. The summed E-state index contributed by atoms with van der Waals surface area (Å²) in [6, 6.07) is 7.87. The minimum absolute atomic E-state index is 0.0769. The SMILES string of the molecule is COc1ccc(CN2CC(C3CCNC3)OCC2=O)cc1. The van der Waals surface area contributed by atoms with Crippen molar-refractivity contribution in [2.45, 2.75) is 19.1 Å². The maximum absolute atomic E-state index is 12.0. The molecular weight excluding hydrogens is 268 g/mol. The zero-order valence-corrected chi connectivity index (χ0v) is 12.4. The Kier molecular flexibility index (Phi) is 4.41. The normalized spacial score (nSPS) is 26.1. The van der Waals surface area contributed by atoms with E-state index in [1.165, 1.54) is 0 Å². The van der Waals surface area contributed by atoms with Crippen molar-refractivity contribution in [3.63, 3.8) is 0 Å².